The lowest BCUT2D eigenvalue weighted by atomic mass is 10.1. The second-order valence-electron chi connectivity index (χ2n) is 7.80. The molecular weight excluding hydrogens is 368 g/mol. The molecule has 2 fully saturated rings. The minimum absolute atomic E-state index is 0.0757. The van der Waals surface area contributed by atoms with Crippen molar-refractivity contribution in [2.24, 2.45) is 0 Å². The zero-order valence-electron chi connectivity index (χ0n) is 16.3. The van der Waals surface area contributed by atoms with Crippen molar-refractivity contribution in [3.8, 4) is 11.3 Å². The van der Waals surface area contributed by atoms with E-state index in [-0.39, 0.29) is 5.95 Å². The number of likely N-dealkylation sites (tertiary alicyclic amines) is 2. The summed E-state index contributed by atoms with van der Waals surface area (Å²) in [5.41, 5.74) is 3.80. The number of likely N-dealkylation sites (N-methyl/N-ethyl adjacent to an activating group) is 1. The molecule has 2 aliphatic heterocycles. The van der Waals surface area contributed by atoms with E-state index in [0.717, 1.165) is 36.9 Å². The normalized spacial score (nSPS) is 21.8. The summed E-state index contributed by atoms with van der Waals surface area (Å²) >= 11 is 0. The molecule has 0 aliphatic carbocycles. The fraction of sp³-hybridized carbons (Fsp3) is 0.381. The average molecular weight is 392 g/mol. The van der Waals surface area contributed by atoms with Crippen molar-refractivity contribution in [2.75, 3.05) is 25.0 Å². The van der Waals surface area contributed by atoms with Gasteiger partial charge in [-0.3, -0.25) is 15.1 Å². The van der Waals surface area contributed by atoms with E-state index < -0.39 is 6.09 Å². The predicted octanol–water partition coefficient (Wildman–Crippen LogP) is 2.76. The zero-order chi connectivity index (χ0) is 20.0. The minimum atomic E-state index is -1.18. The van der Waals surface area contributed by atoms with Gasteiger partial charge in [0.2, 0.25) is 0 Å². The molecule has 150 valence electrons. The first-order valence-electron chi connectivity index (χ1n) is 10.0. The number of amides is 1. The number of benzene rings is 1. The van der Waals surface area contributed by atoms with Gasteiger partial charge in [-0.2, -0.15) is 4.98 Å². The van der Waals surface area contributed by atoms with Crippen LogP contribution in [0.4, 0.5) is 10.7 Å². The summed E-state index contributed by atoms with van der Waals surface area (Å²) in [5.74, 6) is 0.0757. The molecule has 0 saturated carbocycles. The highest BCUT2D eigenvalue weighted by Gasteiger charge is 2.41. The quantitative estimate of drug-likeness (QED) is 0.694. The van der Waals surface area contributed by atoms with Crippen molar-refractivity contribution in [2.45, 2.75) is 32.0 Å². The topological polar surface area (TPSA) is 86.0 Å². The molecule has 2 atom stereocenters. The maximum absolute atomic E-state index is 10.9. The molecule has 0 spiro atoms. The van der Waals surface area contributed by atoms with Crippen molar-refractivity contribution in [3.05, 3.63) is 48.0 Å². The van der Waals surface area contributed by atoms with Crippen LogP contribution in [0.5, 0.6) is 0 Å². The van der Waals surface area contributed by atoms with Crippen LogP contribution < -0.4 is 5.32 Å². The number of pyridine rings is 1. The maximum atomic E-state index is 10.9. The number of fused-ring (bicyclic) bond motifs is 3. The molecule has 8 nitrogen and oxygen atoms in total. The molecule has 2 aliphatic rings. The summed E-state index contributed by atoms with van der Waals surface area (Å²) in [7, 11) is 0. The molecule has 1 aromatic carbocycles. The number of carbonyl (C=O) groups is 1. The number of anilines is 1. The maximum Gasteiger partial charge on any atom is 0.411 e. The number of piperazine rings is 1. The number of hydrogen-bond donors (Lipinski definition) is 2. The Kier molecular flexibility index (Phi) is 4.44. The van der Waals surface area contributed by atoms with Gasteiger partial charge >= 0.3 is 6.09 Å². The molecule has 0 unspecified atom stereocenters. The van der Waals surface area contributed by atoms with Gasteiger partial charge in [0.15, 0.2) is 5.65 Å². The highest BCUT2D eigenvalue weighted by molar-refractivity contribution is 5.80. The molecule has 3 aromatic rings. The summed E-state index contributed by atoms with van der Waals surface area (Å²) < 4.78 is 1.67. The first kappa shape index (κ1) is 18.1. The van der Waals surface area contributed by atoms with Crippen LogP contribution in [0.15, 0.2) is 42.5 Å². The van der Waals surface area contributed by atoms with Crippen LogP contribution in [0.1, 0.15) is 18.9 Å². The van der Waals surface area contributed by atoms with Crippen molar-refractivity contribution in [1.82, 2.24) is 24.4 Å². The Morgan fingerprint density at radius 3 is 2.59 bits per heavy atom. The number of nitrogens with zero attached hydrogens (tertiary/aromatic N) is 5. The largest absolute Gasteiger partial charge is 0.465 e. The monoisotopic (exact) mass is 392 g/mol. The summed E-state index contributed by atoms with van der Waals surface area (Å²) in [6.07, 6.45) is 0.122. The smallest absolute Gasteiger partial charge is 0.411 e. The summed E-state index contributed by atoms with van der Waals surface area (Å²) in [6, 6.07) is 15.6. The number of aromatic nitrogens is 3. The van der Waals surface area contributed by atoms with Gasteiger partial charge in [0.25, 0.3) is 5.95 Å². The third-order valence-electron chi connectivity index (χ3n) is 6.09. The molecule has 2 N–H and O–H groups in total. The number of hydrogen-bond acceptors (Lipinski definition) is 5. The van der Waals surface area contributed by atoms with E-state index in [9.17, 15) is 4.79 Å². The Hall–Kier alpha value is -2.97. The van der Waals surface area contributed by atoms with Crippen molar-refractivity contribution >= 4 is 17.7 Å². The lowest BCUT2D eigenvalue weighted by molar-refractivity contribution is 0.127. The molecule has 8 heteroatoms. The van der Waals surface area contributed by atoms with E-state index in [1.165, 1.54) is 18.5 Å². The van der Waals surface area contributed by atoms with Crippen molar-refractivity contribution in [3.63, 3.8) is 0 Å². The molecule has 2 saturated heterocycles. The van der Waals surface area contributed by atoms with Crippen LogP contribution >= 0.6 is 0 Å². The van der Waals surface area contributed by atoms with Gasteiger partial charge in [0.05, 0.1) is 5.69 Å². The van der Waals surface area contributed by atoms with Gasteiger partial charge in [-0.15, -0.1) is 5.10 Å². The Bertz CT molecular complexity index is 1050. The van der Waals surface area contributed by atoms with Crippen molar-refractivity contribution < 1.29 is 9.90 Å². The Morgan fingerprint density at radius 1 is 1.14 bits per heavy atom. The Morgan fingerprint density at radius 2 is 1.90 bits per heavy atom. The summed E-state index contributed by atoms with van der Waals surface area (Å²) in [6.45, 7) is 6.75. The molecule has 2 aromatic heterocycles. The van der Waals surface area contributed by atoms with E-state index >= 15 is 0 Å². The van der Waals surface area contributed by atoms with Gasteiger partial charge in [-0.1, -0.05) is 37.3 Å². The second kappa shape index (κ2) is 7.13. The van der Waals surface area contributed by atoms with E-state index in [2.05, 4.69) is 56.4 Å². The van der Waals surface area contributed by atoms with E-state index in [0.29, 0.717) is 11.7 Å². The first-order valence-corrected chi connectivity index (χ1v) is 10.0. The predicted molar refractivity (Wildman–Crippen MR) is 110 cm³/mol. The first-order chi connectivity index (χ1) is 14.1. The number of carboxylic acid groups (broad SMARTS) is 1. The number of nitrogens with one attached hydrogen (secondary N) is 1. The molecule has 1 amide bonds. The molecule has 0 radical (unpaired) electrons. The Balaban J connectivity index is 1.34. The van der Waals surface area contributed by atoms with E-state index in [4.69, 9.17) is 5.11 Å². The van der Waals surface area contributed by atoms with Crippen LogP contribution in [-0.2, 0) is 6.54 Å². The van der Waals surface area contributed by atoms with E-state index in [1.54, 1.807) is 10.6 Å². The zero-order valence-corrected chi connectivity index (χ0v) is 16.3. The van der Waals surface area contributed by atoms with Crippen LogP contribution in [0.2, 0.25) is 0 Å². The van der Waals surface area contributed by atoms with Crippen LogP contribution in [0.3, 0.4) is 0 Å². The molecular formula is C21H24N6O2. The molecule has 4 heterocycles. The highest BCUT2D eigenvalue weighted by atomic mass is 16.4. The van der Waals surface area contributed by atoms with Crippen molar-refractivity contribution in [1.29, 1.82) is 0 Å². The Labute approximate surface area is 168 Å². The number of rotatable bonds is 5. The van der Waals surface area contributed by atoms with Crippen LogP contribution in [-0.4, -0.2) is 67.3 Å². The standard InChI is InChI=1S/C21H24N6O2/c1-2-25-12-17-10-16(25)13-26(17)11-14-6-8-15(9-7-14)18-4-3-5-19-22-20(23-21(28)29)24-27(18)19/h3-9,16-17H,2,10-13H2,1H3,(H,23,24)(H,28,29)/t16-,17-/m1/s1. The summed E-state index contributed by atoms with van der Waals surface area (Å²) in [5, 5.41) is 15.4. The van der Waals surface area contributed by atoms with Crippen LogP contribution in [0, 0.1) is 0 Å². The fourth-order valence-corrected chi connectivity index (χ4v) is 4.70. The third kappa shape index (κ3) is 3.34. The van der Waals surface area contributed by atoms with Gasteiger partial charge in [0.1, 0.15) is 0 Å². The minimum Gasteiger partial charge on any atom is -0.465 e. The van der Waals surface area contributed by atoms with E-state index in [1.807, 2.05) is 12.1 Å². The van der Waals surface area contributed by atoms with Gasteiger partial charge in [-0.25, -0.2) is 9.31 Å². The highest BCUT2D eigenvalue weighted by Crippen LogP contribution is 2.31. The third-order valence-corrected chi connectivity index (χ3v) is 6.09. The van der Waals surface area contributed by atoms with Gasteiger partial charge < -0.3 is 5.11 Å². The second-order valence-corrected chi connectivity index (χ2v) is 7.80. The summed E-state index contributed by atoms with van der Waals surface area (Å²) in [4.78, 5) is 20.3. The lowest BCUT2D eigenvalue weighted by Gasteiger charge is -2.33. The average Bonchev–Trinajstić information content (AvgIpc) is 3.41. The molecule has 5 rings (SSSR count). The molecule has 2 bridgehead atoms. The van der Waals surface area contributed by atoms with Gasteiger partial charge in [0, 0.05) is 37.3 Å². The molecule has 29 heavy (non-hydrogen) atoms. The fourth-order valence-electron chi connectivity index (χ4n) is 4.70. The lowest BCUT2D eigenvalue weighted by Crippen LogP contribution is -2.45. The van der Waals surface area contributed by atoms with Gasteiger partial charge in [-0.05, 0) is 30.7 Å². The SMILES string of the molecule is CCN1C[C@H]2C[C@@H]1CN2Cc1ccc(-c2cccc3nc(NC(=O)O)nn23)cc1. The van der Waals surface area contributed by atoms with Crippen LogP contribution in [0.25, 0.3) is 16.9 Å².